The van der Waals surface area contributed by atoms with E-state index < -0.39 is 31.7 Å². The van der Waals surface area contributed by atoms with Crippen LogP contribution in [-0.4, -0.2) is 127 Å². The standard InChI is InChI=1S/C34H38BN5O7/c1-38-14-16-40(17-15-38)19-28(42)39(2)24-11-9-23(10-12-24)36-30(21-6-4-3-5-7-21)29-25-13-8-22(18-26(25)37-33(29)43)35-46-31-27(41)20-45-34(44)32(31)47-35/h3-13,18,27,31-32,34,37,41,43-44H,14-17,19-20H2,1-2H3/t27-,31-,32+,34?/m1/s1. The van der Waals surface area contributed by atoms with Crippen LogP contribution < -0.4 is 10.4 Å². The van der Waals surface area contributed by atoms with Gasteiger partial charge < -0.3 is 44.1 Å². The van der Waals surface area contributed by atoms with Crippen molar-refractivity contribution in [2.75, 3.05) is 58.3 Å². The number of aromatic nitrogens is 1. The number of hydrogen-bond acceptors (Lipinski definition) is 10. The number of aromatic amines is 1. The first kappa shape index (κ1) is 31.5. The number of nitrogens with one attached hydrogen (secondary N) is 1. The Kier molecular flexibility index (Phi) is 8.86. The maximum absolute atomic E-state index is 13.0. The number of benzene rings is 3. The van der Waals surface area contributed by atoms with E-state index in [1.807, 2.05) is 72.8 Å². The van der Waals surface area contributed by atoms with E-state index in [9.17, 15) is 20.1 Å². The van der Waals surface area contributed by atoms with Crippen molar-refractivity contribution < 1.29 is 34.2 Å². The number of nitrogens with zero attached hydrogens (tertiary/aromatic N) is 4. The van der Waals surface area contributed by atoms with Crippen LogP contribution in [0.1, 0.15) is 11.1 Å². The SMILES string of the molecule is CN1CCN(CC(=O)N(C)c2ccc(N=C(c3ccccc3)c3c(O)[nH]c4cc(B5O[C@@H]6[C@H](O)COC(O)[C@H]6O5)ccc34)cc2)CC1. The van der Waals surface area contributed by atoms with Gasteiger partial charge in [-0.2, -0.15) is 0 Å². The van der Waals surface area contributed by atoms with Gasteiger partial charge in [0.1, 0.15) is 18.3 Å². The molecule has 244 valence electrons. The second-order valence-electron chi connectivity index (χ2n) is 12.4. The van der Waals surface area contributed by atoms with Crippen LogP contribution in [0.2, 0.25) is 0 Å². The number of piperazine rings is 1. The number of fused-ring (bicyclic) bond motifs is 2. The molecule has 4 N–H and O–H groups in total. The first-order chi connectivity index (χ1) is 22.7. The molecule has 3 aliphatic heterocycles. The number of carbonyl (C=O) groups is 1. The Morgan fingerprint density at radius 1 is 1.00 bits per heavy atom. The number of aromatic hydroxyl groups is 1. The fourth-order valence-electron chi connectivity index (χ4n) is 6.33. The Morgan fingerprint density at radius 2 is 1.72 bits per heavy atom. The summed E-state index contributed by atoms with van der Waals surface area (Å²) < 4.78 is 17.1. The third-order valence-corrected chi connectivity index (χ3v) is 9.15. The molecule has 4 aromatic rings. The number of amides is 1. The zero-order chi connectivity index (χ0) is 32.7. The molecule has 3 aliphatic rings. The number of aliphatic hydroxyl groups excluding tert-OH is 2. The quantitative estimate of drug-likeness (QED) is 0.175. The minimum atomic E-state index is -1.19. The van der Waals surface area contributed by atoms with Gasteiger partial charge >= 0.3 is 7.12 Å². The molecule has 12 nitrogen and oxygen atoms in total. The summed E-state index contributed by atoms with van der Waals surface area (Å²) in [6, 6.07) is 22.6. The highest BCUT2D eigenvalue weighted by atomic mass is 16.7. The molecule has 4 heterocycles. The Balaban J connectivity index is 1.15. The summed E-state index contributed by atoms with van der Waals surface area (Å²) in [6.45, 7) is 4.00. The Hall–Kier alpha value is -4.08. The van der Waals surface area contributed by atoms with Crippen molar-refractivity contribution in [3.05, 3.63) is 83.9 Å². The van der Waals surface area contributed by atoms with Crippen molar-refractivity contribution in [2.45, 2.75) is 24.6 Å². The summed E-state index contributed by atoms with van der Waals surface area (Å²) in [7, 11) is 3.05. The minimum Gasteiger partial charge on any atom is -0.494 e. The van der Waals surface area contributed by atoms with Crippen molar-refractivity contribution in [1.29, 1.82) is 0 Å². The zero-order valence-electron chi connectivity index (χ0n) is 26.3. The van der Waals surface area contributed by atoms with Crippen molar-refractivity contribution in [2.24, 2.45) is 4.99 Å². The Labute approximate surface area is 272 Å². The molecule has 0 bridgehead atoms. The van der Waals surface area contributed by atoms with Gasteiger partial charge in [-0.15, -0.1) is 0 Å². The van der Waals surface area contributed by atoms with Crippen LogP contribution in [0, 0.1) is 0 Å². The summed E-state index contributed by atoms with van der Waals surface area (Å²) in [6.07, 6.45) is -3.64. The van der Waals surface area contributed by atoms with Crippen LogP contribution in [-0.2, 0) is 18.8 Å². The second-order valence-corrected chi connectivity index (χ2v) is 12.4. The topological polar surface area (TPSA) is 143 Å². The Bertz CT molecular complexity index is 1740. The molecular weight excluding hydrogens is 601 g/mol. The maximum atomic E-state index is 13.0. The van der Waals surface area contributed by atoms with Gasteiger partial charge in [0.15, 0.2) is 12.2 Å². The lowest BCUT2D eigenvalue weighted by Crippen LogP contribution is -2.51. The van der Waals surface area contributed by atoms with Gasteiger partial charge in [-0.3, -0.25) is 9.69 Å². The van der Waals surface area contributed by atoms with E-state index in [-0.39, 0.29) is 18.4 Å². The van der Waals surface area contributed by atoms with E-state index >= 15 is 0 Å². The molecule has 0 saturated carbocycles. The molecule has 0 spiro atoms. The highest BCUT2D eigenvalue weighted by Gasteiger charge is 2.50. The lowest BCUT2D eigenvalue weighted by Gasteiger charge is -2.32. The first-order valence-corrected chi connectivity index (χ1v) is 15.8. The van der Waals surface area contributed by atoms with Crippen molar-refractivity contribution in [3.63, 3.8) is 0 Å². The van der Waals surface area contributed by atoms with Crippen LogP contribution in [0.5, 0.6) is 5.88 Å². The average Bonchev–Trinajstić information content (AvgIpc) is 3.68. The van der Waals surface area contributed by atoms with Gasteiger partial charge in [-0.05, 0) is 42.8 Å². The average molecular weight is 640 g/mol. The highest BCUT2D eigenvalue weighted by Crippen LogP contribution is 2.33. The molecule has 3 saturated heterocycles. The number of aliphatic hydroxyl groups is 2. The Morgan fingerprint density at radius 3 is 2.45 bits per heavy atom. The van der Waals surface area contributed by atoms with E-state index in [0.29, 0.717) is 34.5 Å². The third-order valence-electron chi connectivity index (χ3n) is 9.15. The molecule has 1 aromatic heterocycles. The summed E-state index contributed by atoms with van der Waals surface area (Å²) in [5.74, 6) is -0.0153. The number of anilines is 1. The first-order valence-electron chi connectivity index (χ1n) is 15.8. The second kappa shape index (κ2) is 13.2. The van der Waals surface area contributed by atoms with Gasteiger partial charge in [-0.1, -0.05) is 42.5 Å². The van der Waals surface area contributed by atoms with Gasteiger partial charge in [-0.25, -0.2) is 4.99 Å². The molecule has 7 rings (SSSR count). The largest absolute Gasteiger partial charge is 0.494 e. The third kappa shape index (κ3) is 6.43. The molecule has 1 unspecified atom stereocenters. The molecule has 0 radical (unpaired) electrons. The number of H-pyrrole nitrogens is 1. The van der Waals surface area contributed by atoms with Crippen LogP contribution >= 0.6 is 0 Å². The number of carbonyl (C=O) groups excluding carboxylic acids is 1. The van der Waals surface area contributed by atoms with Gasteiger partial charge in [0.2, 0.25) is 5.91 Å². The number of rotatable bonds is 7. The highest BCUT2D eigenvalue weighted by molar-refractivity contribution is 6.62. The van der Waals surface area contributed by atoms with E-state index in [1.54, 1.807) is 11.9 Å². The minimum absolute atomic E-state index is 0.0340. The number of hydrogen-bond donors (Lipinski definition) is 4. The van der Waals surface area contributed by atoms with Crippen LogP contribution in [0.25, 0.3) is 10.9 Å². The summed E-state index contributed by atoms with van der Waals surface area (Å²) in [4.78, 5) is 27.2. The van der Waals surface area contributed by atoms with Crippen molar-refractivity contribution in [1.82, 2.24) is 14.8 Å². The molecular formula is C34H38BN5O7. The predicted molar refractivity (Wildman–Crippen MR) is 179 cm³/mol. The van der Waals surface area contributed by atoms with Crippen molar-refractivity contribution >= 4 is 46.5 Å². The molecule has 4 atom stereocenters. The van der Waals surface area contributed by atoms with Gasteiger partial charge in [0.25, 0.3) is 0 Å². The molecule has 0 aliphatic carbocycles. The predicted octanol–water partition coefficient (Wildman–Crippen LogP) is 1.44. The smallest absolute Gasteiger partial charge is 0.494 e. The fraction of sp³-hybridized carbons (Fsp3) is 0.353. The van der Waals surface area contributed by atoms with Crippen molar-refractivity contribution in [3.8, 4) is 5.88 Å². The summed E-state index contributed by atoms with van der Waals surface area (Å²) >= 11 is 0. The monoisotopic (exact) mass is 639 g/mol. The molecule has 47 heavy (non-hydrogen) atoms. The van der Waals surface area contributed by atoms with E-state index in [0.717, 1.165) is 42.8 Å². The van der Waals surface area contributed by atoms with E-state index in [2.05, 4.69) is 21.8 Å². The lowest BCUT2D eigenvalue weighted by molar-refractivity contribution is -0.221. The number of aliphatic imine (C=N–C) groups is 1. The molecule has 1 amide bonds. The number of ether oxygens (including phenoxy) is 1. The maximum Gasteiger partial charge on any atom is 0.494 e. The van der Waals surface area contributed by atoms with Crippen LogP contribution in [0.15, 0.2) is 77.8 Å². The summed E-state index contributed by atoms with van der Waals surface area (Å²) in [5.41, 5.74) is 4.63. The normalized spacial score (nSPS) is 24.1. The molecule has 3 fully saturated rings. The zero-order valence-corrected chi connectivity index (χ0v) is 26.3. The molecule has 3 aromatic carbocycles. The van der Waals surface area contributed by atoms with E-state index in [1.165, 1.54) is 0 Å². The summed E-state index contributed by atoms with van der Waals surface area (Å²) in [5, 5.41) is 32.4. The number of likely N-dealkylation sites (N-methyl/N-ethyl adjacent to an activating group) is 2. The van der Waals surface area contributed by atoms with Gasteiger partial charge in [0, 0.05) is 55.4 Å². The van der Waals surface area contributed by atoms with Gasteiger partial charge in [0.05, 0.1) is 30.1 Å². The van der Waals surface area contributed by atoms with E-state index in [4.69, 9.17) is 19.0 Å². The molecule has 13 heteroatoms. The fourth-order valence-corrected chi connectivity index (χ4v) is 6.33. The van der Waals surface area contributed by atoms with Crippen LogP contribution in [0.3, 0.4) is 0 Å². The lowest BCUT2D eigenvalue weighted by atomic mass is 9.79. The van der Waals surface area contributed by atoms with Crippen LogP contribution in [0.4, 0.5) is 11.4 Å².